The van der Waals surface area contributed by atoms with Crippen LogP contribution in [0.4, 0.5) is 5.69 Å². The van der Waals surface area contributed by atoms with Crippen molar-refractivity contribution in [1.29, 1.82) is 0 Å². The van der Waals surface area contributed by atoms with E-state index in [9.17, 15) is 19.5 Å². The maximum atomic E-state index is 14.3. The summed E-state index contributed by atoms with van der Waals surface area (Å²) in [6.45, 7) is 4.26. The fourth-order valence-corrected chi connectivity index (χ4v) is 9.49. The van der Waals surface area contributed by atoms with Crippen LogP contribution in [0.2, 0.25) is 0 Å². The van der Waals surface area contributed by atoms with Gasteiger partial charge in [-0.1, -0.05) is 74.5 Å². The molecule has 0 saturated carbocycles. The van der Waals surface area contributed by atoms with Crippen LogP contribution in [-0.4, -0.2) is 56.4 Å². The van der Waals surface area contributed by atoms with Gasteiger partial charge in [0.05, 0.1) is 29.2 Å². The highest BCUT2D eigenvalue weighted by Crippen LogP contribution is 2.66. The molecule has 3 amide bonds. The Morgan fingerprint density at radius 3 is 2.49 bits per heavy atom. The highest BCUT2D eigenvalue weighted by molar-refractivity contribution is 8.02. The highest BCUT2D eigenvalue weighted by Gasteiger charge is 2.74. The minimum absolute atomic E-state index is 0.0180. The van der Waals surface area contributed by atoms with Crippen LogP contribution in [0.3, 0.4) is 0 Å². The molecular weight excluding hydrogens is 534 g/mol. The van der Waals surface area contributed by atoms with Crippen molar-refractivity contribution < 1.29 is 19.5 Å². The molecule has 3 heterocycles. The SMILES string of the molecule is CC(C)C[C@H](CO)N1C(=O)[C@@H]2[C@@H](C(=O)NCc3ccccc3)[C@H]3CCC2(S3)C1C(=O)Nc1ccc2ccccc2c1. The summed E-state index contributed by atoms with van der Waals surface area (Å²) in [7, 11) is 0. The third-order valence-corrected chi connectivity index (χ3v) is 10.9. The average molecular weight is 572 g/mol. The Balaban J connectivity index is 1.32. The van der Waals surface area contributed by atoms with Crippen LogP contribution in [0.15, 0.2) is 72.8 Å². The number of carbonyl (C=O) groups excluding carboxylic acids is 3. The molecule has 3 aromatic carbocycles. The lowest BCUT2D eigenvalue weighted by atomic mass is 9.70. The van der Waals surface area contributed by atoms with E-state index in [0.717, 1.165) is 22.8 Å². The molecule has 8 heteroatoms. The van der Waals surface area contributed by atoms with Crippen LogP contribution < -0.4 is 10.6 Å². The van der Waals surface area contributed by atoms with E-state index in [1.807, 2.05) is 86.6 Å². The zero-order valence-corrected chi connectivity index (χ0v) is 24.3. The second-order valence-corrected chi connectivity index (χ2v) is 13.6. The first-order chi connectivity index (χ1) is 19.8. The average Bonchev–Trinajstić information content (AvgIpc) is 3.62. The van der Waals surface area contributed by atoms with E-state index in [1.54, 1.807) is 16.7 Å². The molecule has 0 aliphatic carbocycles. The summed E-state index contributed by atoms with van der Waals surface area (Å²) >= 11 is 1.65. The summed E-state index contributed by atoms with van der Waals surface area (Å²) in [5.74, 6) is -1.46. The molecule has 0 radical (unpaired) electrons. The molecule has 3 aliphatic heterocycles. The monoisotopic (exact) mass is 571 g/mol. The van der Waals surface area contributed by atoms with Gasteiger partial charge in [-0.25, -0.2) is 0 Å². The number of aliphatic hydroxyl groups excluding tert-OH is 1. The lowest BCUT2D eigenvalue weighted by molar-refractivity contribution is -0.142. The van der Waals surface area contributed by atoms with Crippen LogP contribution >= 0.6 is 11.8 Å². The maximum Gasteiger partial charge on any atom is 0.248 e. The number of thioether (sulfide) groups is 1. The third kappa shape index (κ3) is 4.91. The number of anilines is 1. The Morgan fingerprint density at radius 2 is 1.76 bits per heavy atom. The summed E-state index contributed by atoms with van der Waals surface area (Å²) in [5.41, 5.74) is 1.66. The van der Waals surface area contributed by atoms with Gasteiger partial charge in [-0.15, -0.1) is 11.8 Å². The third-order valence-electron chi connectivity index (χ3n) is 8.96. The zero-order valence-electron chi connectivity index (χ0n) is 23.5. The van der Waals surface area contributed by atoms with E-state index in [2.05, 4.69) is 10.6 Å². The van der Waals surface area contributed by atoms with Crippen molar-refractivity contribution in [3.63, 3.8) is 0 Å². The molecule has 0 aromatic heterocycles. The lowest BCUT2D eigenvalue weighted by Gasteiger charge is -2.37. The molecule has 1 spiro atoms. The van der Waals surface area contributed by atoms with Crippen LogP contribution in [0.25, 0.3) is 10.8 Å². The molecule has 214 valence electrons. The first-order valence-corrected chi connectivity index (χ1v) is 15.4. The molecule has 7 nitrogen and oxygen atoms in total. The molecule has 3 saturated heterocycles. The van der Waals surface area contributed by atoms with Gasteiger partial charge in [0.2, 0.25) is 17.7 Å². The number of amides is 3. The number of hydrogen-bond donors (Lipinski definition) is 3. The number of likely N-dealkylation sites (tertiary alicyclic amines) is 1. The fourth-order valence-electron chi connectivity index (χ4n) is 7.28. The van der Waals surface area contributed by atoms with Gasteiger partial charge in [-0.3, -0.25) is 14.4 Å². The maximum absolute atomic E-state index is 14.3. The molecule has 3 fully saturated rings. The lowest BCUT2D eigenvalue weighted by Crippen LogP contribution is -2.55. The van der Waals surface area contributed by atoms with E-state index in [-0.39, 0.29) is 35.5 Å². The minimum Gasteiger partial charge on any atom is -0.394 e. The molecule has 3 aromatic rings. The second-order valence-electron chi connectivity index (χ2n) is 12.0. The topological polar surface area (TPSA) is 98.7 Å². The van der Waals surface area contributed by atoms with Gasteiger partial charge < -0.3 is 20.6 Å². The summed E-state index contributed by atoms with van der Waals surface area (Å²) in [6.07, 6.45) is 2.04. The van der Waals surface area contributed by atoms with Crippen molar-refractivity contribution in [2.75, 3.05) is 11.9 Å². The molecule has 3 aliphatic rings. The summed E-state index contributed by atoms with van der Waals surface area (Å²) in [4.78, 5) is 43.9. The molecule has 6 atom stereocenters. The summed E-state index contributed by atoms with van der Waals surface area (Å²) < 4.78 is -0.707. The summed E-state index contributed by atoms with van der Waals surface area (Å²) in [5, 5.41) is 18.7. The van der Waals surface area contributed by atoms with Gasteiger partial charge in [0, 0.05) is 17.5 Å². The Morgan fingerprint density at radius 1 is 1.02 bits per heavy atom. The Bertz CT molecular complexity index is 1460. The molecule has 2 unspecified atom stereocenters. The van der Waals surface area contributed by atoms with E-state index >= 15 is 0 Å². The van der Waals surface area contributed by atoms with Crippen LogP contribution in [0.1, 0.15) is 38.7 Å². The molecule has 3 N–H and O–H groups in total. The highest BCUT2D eigenvalue weighted by atomic mass is 32.2. The summed E-state index contributed by atoms with van der Waals surface area (Å²) in [6, 6.07) is 22.2. The van der Waals surface area contributed by atoms with Crippen molar-refractivity contribution >= 4 is 45.9 Å². The Hall–Kier alpha value is -3.36. The smallest absolute Gasteiger partial charge is 0.248 e. The number of aliphatic hydroxyl groups is 1. The minimum atomic E-state index is -0.774. The van der Waals surface area contributed by atoms with Crippen molar-refractivity contribution in [2.45, 2.75) is 61.7 Å². The van der Waals surface area contributed by atoms with E-state index in [1.165, 1.54) is 0 Å². The molecule has 6 rings (SSSR count). The van der Waals surface area contributed by atoms with E-state index in [0.29, 0.717) is 25.1 Å². The Kier molecular flexibility index (Phi) is 7.55. The van der Waals surface area contributed by atoms with Gasteiger partial charge in [-0.05, 0) is 53.6 Å². The van der Waals surface area contributed by atoms with Crippen LogP contribution in [0.5, 0.6) is 0 Å². The van der Waals surface area contributed by atoms with Crippen LogP contribution in [-0.2, 0) is 20.9 Å². The largest absolute Gasteiger partial charge is 0.394 e. The standard InChI is InChI=1S/C33H37N3O4S/c1-20(2)16-25(19-37)36-29(31(39)35-24-13-12-22-10-6-7-11-23(22)17-24)33-15-14-26(41-33)27(28(33)32(36)40)30(38)34-18-21-8-4-3-5-9-21/h3-13,17,20,25-29,37H,14-16,18-19H2,1-2H3,(H,34,38)(H,35,39)/t25-,26-,27+,28+,29?,33?/m1/s1. The predicted octanol–water partition coefficient (Wildman–Crippen LogP) is 4.59. The normalized spacial score (nSPS) is 27.3. The fraction of sp³-hybridized carbons (Fsp3) is 0.424. The van der Waals surface area contributed by atoms with E-state index in [4.69, 9.17) is 0 Å². The van der Waals surface area contributed by atoms with Crippen molar-refractivity contribution in [1.82, 2.24) is 10.2 Å². The zero-order chi connectivity index (χ0) is 28.7. The van der Waals surface area contributed by atoms with Crippen molar-refractivity contribution in [2.24, 2.45) is 17.8 Å². The number of fused-ring (bicyclic) bond motifs is 2. The first kappa shape index (κ1) is 27.8. The molecular formula is C33H37N3O4S. The van der Waals surface area contributed by atoms with E-state index < -0.39 is 28.7 Å². The number of carbonyl (C=O) groups is 3. The van der Waals surface area contributed by atoms with Crippen molar-refractivity contribution in [3.8, 4) is 0 Å². The molecule has 2 bridgehead atoms. The second kappa shape index (κ2) is 11.1. The number of benzene rings is 3. The number of rotatable bonds is 9. The van der Waals surface area contributed by atoms with Gasteiger partial charge in [-0.2, -0.15) is 0 Å². The van der Waals surface area contributed by atoms with Gasteiger partial charge in [0.1, 0.15) is 6.04 Å². The van der Waals surface area contributed by atoms with Gasteiger partial charge in [0.25, 0.3) is 0 Å². The quantitative estimate of drug-likeness (QED) is 0.349. The number of nitrogens with zero attached hydrogens (tertiary/aromatic N) is 1. The predicted molar refractivity (Wildman–Crippen MR) is 162 cm³/mol. The number of nitrogens with one attached hydrogen (secondary N) is 2. The van der Waals surface area contributed by atoms with Crippen molar-refractivity contribution in [3.05, 3.63) is 78.4 Å². The number of hydrogen-bond acceptors (Lipinski definition) is 5. The van der Waals surface area contributed by atoms with Gasteiger partial charge >= 0.3 is 0 Å². The first-order valence-electron chi connectivity index (χ1n) is 14.5. The Labute approximate surface area is 245 Å². The molecule has 41 heavy (non-hydrogen) atoms. The van der Waals surface area contributed by atoms with Crippen LogP contribution in [0, 0.1) is 17.8 Å². The van der Waals surface area contributed by atoms with Gasteiger partial charge in [0.15, 0.2) is 0 Å².